The normalized spacial score (nSPS) is 10.5. The van der Waals surface area contributed by atoms with E-state index in [9.17, 15) is 9.59 Å². The fraction of sp³-hybridized carbons (Fsp3) is 0.227. The van der Waals surface area contributed by atoms with Crippen molar-refractivity contribution in [3.8, 4) is 5.69 Å². The Morgan fingerprint density at radius 1 is 1.00 bits per heavy atom. The van der Waals surface area contributed by atoms with Crippen LogP contribution in [0.15, 0.2) is 54.6 Å². The van der Waals surface area contributed by atoms with Gasteiger partial charge in [-0.1, -0.05) is 30.3 Å². The Bertz CT molecular complexity index is 976. The van der Waals surface area contributed by atoms with Gasteiger partial charge in [-0.25, -0.2) is 4.68 Å². The molecular weight excluding hydrogens is 352 g/mol. The molecule has 0 aliphatic rings. The summed E-state index contributed by atoms with van der Waals surface area (Å²) in [4.78, 5) is 23.4. The van der Waals surface area contributed by atoms with Gasteiger partial charge in [0.1, 0.15) is 0 Å². The predicted molar refractivity (Wildman–Crippen MR) is 109 cm³/mol. The van der Waals surface area contributed by atoms with Gasteiger partial charge in [-0.05, 0) is 43.7 Å². The van der Waals surface area contributed by atoms with Crippen LogP contribution in [0, 0.1) is 13.8 Å². The second-order valence-electron chi connectivity index (χ2n) is 6.73. The first-order valence-electron chi connectivity index (χ1n) is 9.18. The quantitative estimate of drug-likeness (QED) is 0.693. The number of amides is 2. The van der Waals surface area contributed by atoms with Crippen LogP contribution in [0.1, 0.15) is 29.4 Å². The Labute approximate surface area is 164 Å². The number of nitrogens with one attached hydrogen (secondary N) is 2. The highest BCUT2D eigenvalue weighted by Gasteiger charge is 2.13. The highest BCUT2D eigenvalue weighted by molar-refractivity contribution is 5.88. The Kier molecular flexibility index (Phi) is 5.89. The molecule has 0 saturated carbocycles. The second kappa shape index (κ2) is 8.52. The van der Waals surface area contributed by atoms with E-state index in [0.717, 1.165) is 33.9 Å². The maximum absolute atomic E-state index is 12.3. The van der Waals surface area contributed by atoms with Crippen LogP contribution in [0.5, 0.6) is 0 Å². The minimum absolute atomic E-state index is 0.0569. The van der Waals surface area contributed by atoms with Crippen LogP contribution in [0.25, 0.3) is 5.69 Å². The van der Waals surface area contributed by atoms with Crippen molar-refractivity contribution in [3.05, 3.63) is 77.1 Å². The Hall–Kier alpha value is -3.41. The molecule has 3 rings (SSSR count). The van der Waals surface area contributed by atoms with Gasteiger partial charge in [-0.15, -0.1) is 0 Å². The Balaban J connectivity index is 1.62. The molecule has 6 heteroatoms. The third kappa shape index (κ3) is 4.65. The third-order valence-electron chi connectivity index (χ3n) is 4.54. The van der Waals surface area contributed by atoms with Crippen LogP contribution >= 0.6 is 0 Å². The summed E-state index contributed by atoms with van der Waals surface area (Å²) in [5, 5.41) is 10.3. The van der Waals surface area contributed by atoms with Crippen LogP contribution in [-0.4, -0.2) is 21.6 Å². The van der Waals surface area contributed by atoms with Gasteiger partial charge in [0.05, 0.1) is 17.8 Å². The van der Waals surface area contributed by atoms with Gasteiger partial charge in [-0.3, -0.25) is 9.59 Å². The predicted octanol–water partition coefficient (Wildman–Crippen LogP) is 3.31. The summed E-state index contributed by atoms with van der Waals surface area (Å²) in [6.45, 7) is 5.86. The second-order valence-corrected chi connectivity index (χ2v) is 6.73. The fourth-order valence-corrected chi connectivity index (χ4v) is 3.10. The first kappa shape index (κ1) is 19.4. The largest absolute Gasteiger partial charge is 0.352 e. The molecule has 2 N–H and O–H groups in total. The molecular formula is C22H24N4O2. The number of para-hydroxylation sites is 1. The molecule has 0 atom stereocenters. The first-order valence-corrected chi connectivity index (χ1v) is 9.18. The van der Waals surface area contributed by atoms with Gasteiger partial charge in [0.15, 0.2) is 0 Å². The number of aromatic nitrogens is 2. The summed E-state index contributed by atoms with van der Waals surface area (Å²) in [6.07, 6.45) is 0.283. The number of carbonyl (C=O) groups is 2. The number of hydrogen-bond donors (Lipinski definition) is 2. The van der Waals surface area contributed by atoms with Crippen LogP contribution in [0.3, 0.4) is 0 Å². The smallest absolute Gasteiger partial charge is 0.224 e. The van der Waals surface area contributed by atoms with E-state index in [1.807, 2.05) is 61.0 Å². The number of aryl methyl sites for hydroxylation is 1. The van der Waals surface area contributed by atoms with Crippen molar-refractivity contribution < 1.29 is 9.59 Å². The van der Waals surface area contributed by atoms with Crippen LogP contribution in [0.4, 0.5) is 5.69 Å². The van der Waals surface area contributed by atoms with Gasteiger partial charge >= 0.3 is 0 Å². The summed E-state index contributed by atoms with van der Waals surface area (Å²) >= 11 is 0. The monoisotopic (exact) mass is 376 g/mol. The molecule has 2 amide bonds. The van der Waals surface area contributed by atoms with Crippen molar-refractivity contribution in [2.24, 2.45) is 0 Å². The number of anilines is 1. The standard InChI is InChI=1S/C22H24N4O2/c1-15-21(16(2)26(25-15)20-7-5-4-6-8-20)14-23-22(28)13-18-9-11-19(12-10-18)24-17(3)27/h4-12H,13-14H2,1-3H3,(H,23,28)(H,24,27). The van der Waals surface area contributed by atoms with Crippen LogP contribution in [-0.2, 0) is 22.6 Å². The molecule has 1 heterocycles. The molecule has 0 radical (unpaired) electrons. The zero-order valence-electron chi connectivity index (χ0n) is 16.3. The maximum Gasteiger partial charge on any atom is 0.224 e. The van der Waals surface area contributed by atoms with E-state index < -0.39 is 0 Å². The van der Waals surface area contributed by atoms with Crippen molar-refractivity contribution in [1.29, 1.82) is 0 Å². The number of benzene rings is 2. The topological polar surface area (TPSA) is 76.0 Å². The van der Waals surface area contributed by atoms with Gasteiger partial charge in [0.2, 0.25) is 11.8 Å². The highest BCUT2D eigenvalue weighted by atomic mass is 16.2. The van der Waals surface area contributed by atoms with Crippen molar-refractivity contribution in [2.75, 3.05) is 5.32 Å². The van der Waals surface area contributed by atoms with Gasteiger partial charge in [0.25, 0.3) is 0 Å². The average Bonchev–Trinajstić information content (AvgIpc) is 2.96. The van der Waals surface area contributed by atoms with Crippen molar-refractivity contribution in [3.63, 3.8) is 0 Å². The fourth-order valence-electron chi connectivity index (χ4n) is 3.10. The molecule has 0 aliphatic carbocycles. The molecule has 0 aliphatic heterocycles. The number of carbonyl (C=O) groups excluding carboxylic acids is 2. The Morgan fingerprint density at radius 3 is 2.32 bits per heavy atom. The molecule has 0 bridgehead atoms. The minimum Gasteiger partial charge on any atom is -0.352 e. The van der Waals surface area contributed by atoms with Gasteiger partial charge in [0, 0.05) is 30.4 Å². The van der Waals surface area contributed by atoms with Crippen molar-refractivity contribution in [1.82, 2.24) is 15.1 Å². The molecule has 144 valence electrons. The average molecular weight is 376 g/mol. The SMILES string of the molecule is CC(=O)Nc1ccc(CC(=O)NCc2c(C)nn(-c3ccccc3)c2C)cc1. The van der Waals surface area contributed by atoms with E-state index in [2.05, 4.69) is 15.7 Å². The van der Waals surface area contributed by atoms with E-state index in [1.54, 1.807) is 12.1 Å². The molecule has 0 unspecified atom stereocenters. The van der Waals surface area contributed by atoms with Crippen LogP contribution in [0.2, 0.25) is 0 Å². The molecule has 6 nitrogen and oxygen atoms in total. The summed E-state index contributed by atoms with van der Waals surface area (Å²) in [5.74, 6) is -0.175. The van der Waals surface area contributed by atoms with E-state index in [-0.39, 0.29) is 18.2 Å². The highest BCUT2D eigenvalue weighted by Crippen LogP contribution is 2.17. The summed E-state index contributed by atoms with van der Waals surface area (Å²) < 4.78 is 1.90. The lowest BCUT2D eigenvalue weighted by atomic mass is 10.1. The molecule has 3 aromatic rings. The van der Waals surface area contributed by atoms with E-state index in [1.165, 1.54) is 6.92 Å². The van der Waals surface area contributed by atoms with Gasteiger partial charge in [-0.2, -0.15) is 5.10 Å². The van der Waals surface area contributed by atoms with Crippen LogP contribution < -0.4 is 10.6 Å². The lowest BCUT2D eigenvalue weighted by molar-refractivity contribution is -0.120. The van der Waals surface area contributed by atoms with E-state index in [0.29, 0.717) is 6.54 Å². The van der Waals surface area contributed by atoms with Gasteiger partial charge < -0.3 is 10.6 Å². The zero-order chi connectivity index (χ0) is 20.1. The number of hydrogen-bond acceptors (Lipinski definition) is 3. The molecule has 0 spiro atoms. The summed E-state index contributed by atoms with van der Waals surface area (Å²) in [5.41, 5.74) is 5.55. The third-order valence-corrected chi connectivity index (χ3v) is 4.54. The lowest BCUT2D eigenvalue weighted by Crippen LogP contribution is -2.25. The summed E-state index contributed by atoms with van der Waals surface area (Å²) in [6, 6.07) is 17.2. The first-order chi connectivity index (χ1) is 13.4. The Morgan fingerprint density at radius 2 is 1.68 bits per heavy atom. The minimum atomic E-state index is -0.118. The molecule has 28 heavy (non-hydrogen) atoms. The molecule has 1 aromatic heterocycles. The lowest BCUT2D eigenvalue weighted by Gasteiger charge is -2.08. The van der Waals surface area contributed by atoms with Crippen molar-refractivity contribution in [2.45, 2.75) is 33.7 Å². The molecule has 2 aromatic carbocycles. The summed E-state index contributed by atoms with van der Waals surface area (Å²) in [7, 11) is 0. The van der Waals surface area contributed by atoms with E-state index in [4.69, 9.17) is 0 Å². The molecule has 0 fully saturated rings. The number of rotatable bonds is 6. The zero-order valence-corrected chi connectivity index (χ0v) is 16.3. The van der Waals surface area contributed by atoms with E-state index >= 15 is 0 Å². The maximum atomic E-state index is 12.3. The number of nitrogens with zero attached hydrogens (tertiary/aromatic N) is 2. The van der Waals surface area contributed by atoms with Crippen molar-refractivity contribution >= 4 is 17.5 Å². The molecule has 0 saturated heterocycles.